The molecule has 1 aliphatic rings. The summed E-state index contributed by atoms with van der Waals surface area (Å²) in [6.07, 6.45) is 1.76. The quantitative estimate of drug-likeness (QED) is 0.657. The van der Waals surface area contributed by atoms with E-state index in [1.165, 1.54) is 0 Å². The van der Waals surface area contributed by atoms with Gasteiger partial charge in [-0.15, -0.1) is 10.2 Å². The number of anilines is 1. The number of amides is 1. The number of ether oxygens (including phenoxy) is 1. The number of pyridine rings is 1. The van der Waals surface area contributed by atoms with Crippen LogP contribution in [-0.2, 0) is 9.53 Å². The van der Waals surface area contributed by atoms with Crippen molar-refractivity contribution < 1.29 is 13.9 Å². The Balaban J connectivity index is 1.57. The van der Waals surface area contributed by atoms with E-state index >= 15 is 0 Å². The van der Waals surface area contributed by atoms with E-state index in [0.29, 0.717) is 37.4 Å². The van der Waals surface area contributed by atoms with Gasteiger partial charge in [-0.3, -0.25) is 9.69 Å². The van der Waals surface area contributed by atoms with Gasteiger partial charge < -0.3 is 14.5 Å². The van der Waals surface area contributed by atoms with Crippen LogP contribution in [0.2, 0.25) is 0 Å². The minimum Gasteiger partial charge on any atom is -0.421 e. The normalized spacial score (nSPS) is 15.1. The van der Waals surface area contributed by atoms with Crippen molar-refractivity contribution in [3.05, 3.63) is 30.3 Å². The van der Waals surface area contributed by atoms with Gasteiger partial charge in [-0.25, -0.2) is 4.98 Å². The molecule has 3 aromatic rings. The van der Waals surface area contributed by atoms with Crippen molar-refractivity contribution in [2.75, 3.05) is 38.2 Å². The van der Waals surface area contributed by atoms with E-state index < -0.39 is 0 Å². The molecular weight excluding hydrogens is 345 g/mol. The molecule has 1 N–H and O–H groups in total. The van der Waals surface area contributed by atoms with Crippen molar-refractivity contribution in [2.45, 2.75) is 6.92 Å². The zero-order chi connectivity index (χ0) is 18.8. The molecule has 8 nitrogen and oxygen atoms in total. The second kappa shape index (κ2) is 7.46. The Morgan fingerprint density at radius 1 is 1.30 bits per heavy atom. The fourth-order valence-corrected chi connectivity index (χ4v) is 3.16. The maximum Gasteiger partial charge on any atom is 0.247 e. The SMILES string of the molecule is Bc1c(NC(=O)CN2CCOCC2)ncc2ccc(-c3nnc(C)o3)cc12. The van der Waals surface area contributed by atoms with E-state index in [2.05, 4.69) is 25.4 Å². The Morgan fingerprint density at radius 3 is 2.85 bits per heavy atom. The van der Waals surface area contributed by atoms with Crippen LogP contribution >= 0.6 is 0 Å². The van der Waals surface area contributed by atoms with Crippen molar-refractivity contribution in [2.24, 2.45) is 0 Å². The van der Waals surface area contributed by atoms with Crippen molar-refractivity contribution in [3.8, 4) is 11.5 Å². The molecule has 138 valence electrons. The number of aromatic nitrogens is 3. The molecule has 27 heavy (non-hydrogen) atoms. The summed E-state index contributed by atoms with van der Waals surface area (Å²) in [5, 5.41) is 12.8. The first-order valence-corrected chi connectivity index (χ1v) is 8.90. The number of hydrogen-bond acceptors (Lipinski definition) is 7. The molecule has 2 aromatic heterocycles. The molecule has 0 atom stereocenters. The van der Waals surface area contributed by atoms with Crippen LogP contribution in [0.5, 0.6) is 0 Å². The second-order valence-electron chi connectivity index (χ2n) is 6.60. The molecule has 0 aliphatic carbocycles. The van der Waals surface area contributed by atoms with Crippen LogP contribution in [-0.4, -0.2) is 66.7 Å². The zero-order valence-corrected chi connectivity index (χ0v) is 15.4. The maximum atomic E-state index is 12.4. The number of rotatable bonds is 4. The van der Waals surface area contributed by atoms with E-state index in [1.54, 1.807) is 13.1 Å². The highest BCUT2D eigenvalue weighted by Crippen LogP contribution is 2.23. The lowest BCUT2D eigenvalue weighted by atomic mass is 9.90. The molecule has 3 heterocycles. The number of carbonyl (C=O) groups excluding carboxylic acids is 1. The van der Waals surface area contributed by atoms with Crippen LogP contribution in [0, 0.1) is 6.92 Å². The van der Waals surface area contributed by atoms with Crippen LogP contribution in [0.1, 0.15) is 5.89 Å². The number of nitrogens with zero attached hydrogens (tertiary/aromatic N) is 4. The highest BCUT2D eigenvalue weighted by molar-refractivity contribution is 6.42. The fraction of sp³-hybridized carbons (Fsp3) is 0.333. The van der Waals surface area contributed by atoms with Gasteiger partial charge in [0.05, 0.1) is 19.8 Å². The van der Waals surface area contributed by atoms with E-state index in [0.717, 1.165) is 34.9 Å². The number of hydrogen-bond donors (Lipinski definition) is 1. The molecule has 0 spiro atoms. The first-order chi connectivity index (χ1) is 13.1. The summed E-state index contributed by atoms with van der Waals surface area (Å²) < 4.78 is 10.8. The van der Waals surface area contributed by atoms with Crippen molar-refractivity contribution in [3.63, 3.8) is 0 Å². The summed E-state index contributed by atoms with van der Waals surface area (Å²) >= 11 is 0. The van der Waals surface area contributed by atoms with Crippen LogP contribution in [0.3, 0.4) is 0 Å². The number of aryl methyl sites for hydroxylation is 1. The Bertz CT molecular complexity index is 984. The molecule has 1 saturated heterocycles. The number of benzene rings is 1. The highest BCUT2D eigenvalue weighted by Gasteiger charge is 2.16. The summed E-state index contributed by atoms with van der Waals surface area (Å²) in [6, 6.07) is 5.87. The average Bonchev–Trinajstić information content (AvgIpc) is 3.11. The second-order valence-corrected chi connectivity index (χ2v) is 6.60. The van der Waals surface area contributed by atoms with Gasteiger partial charge >= 0.3 is 0 Å². The van der Waals surface area contributed by atoms with Crippen LogP contribution in [0.4, 0.5) is 5.82 Å². The van der Waals surface area contributed by atoms with Crippen molar-refractivity contribution >= 4 is 35.8 Å². The van der Waals surface area contributed by atoms with E-state index in [1.807, 2.05) is 26.0 Å². The molecular formula is C18H20BN5O3. The molecule has 0 unspecified atom stereocenters. The van der Waals surface area contributed by atoms with Gasteiger partial charge in [0, 0.05) is 31.8 Å². The van der Waals surface area contributed by atoms with Gasteiger partial charge in [0.1, 0.15) is 13.7 Å². The minimum atomic E-state index is -0.0736. The molecule has 1 aromatic carbocycles. The molecule has 0 radical (unpaired) electrons. The first kappa shape index (κ1) is 17.6. The van der Waals surface area contributed by atoms with Gasteiger partial charge in [-0.2, -0.15) is 0 Å². The zero-order valence-electron chi connectivity index (χ0n) is 15.4. The Morgan fingerprint density at radius 2 is 2.11 bits per heavy atom. The maximum absolute atomic E-state index is 12.4. The standard InChI is InChI=1S/C18H20BN5O3/c1-11-22-23-18(27-11)12-2-3-13-9-20-17(16(19)14(13)8-12)21-15(25)10-24-4-6-26-7-5-24/h2-3,8-9H,4-7,10,19H2,1H3,(H,20,21,25). The lowest BCUT2D eigenvalue weighted by Crippen LogP contribution is -2.41. The molecule has 0 bridgehead atoms. The van der Waals surface area contributed by atoms with Crippen LogP contribution in [0.25, 0.3) is 22.2 Å². The molecule has 1 fully saturated rings. The van der Waals surface area contributed by atoms with Crippen molar-refractivity contribution in [1.82, 2.24) is 20.1 Å². The number of fused-ring (bicyclic) bond motifs is 1. The monoisotopic (exact) mass is 365 g/mol. The van der Waals surface area contributed by atoms with Crippen molar-refractivity contribution in [1.29, 1.82) is 0 Å². The number of nitrogens with one attached hydrogen (secondary N) is 1. The van der Waals surface area contributed by atoms with E-state index in [-0.39, 0.29) is 5.91 Å². The molecule has 1 aliphatic heterocycles. The molecule has 1 amide bonds. The Hall–Kier alpha value is -2.78. The van der Waals surface area contributed by atoms with Gasteiger partial charge in [0.15, 0.2) is 0 Å². The number of morpholine rings is 1. The average molecular weight is 365 g/mol. The third kappa shape index (κ3) is 3.84. The lowest BCUT2D eigenvalue weighted by molar-refractivity contribution is -0.118. The number of carbonyl (C=O) groups is 1. The predicted octanol–water partition coefficient (Wildman–Crippen LogP) is 0.122. The predicted molar refractivity (Wildman–Crippen MR) is 104 cm³/mol. The largest absolute Gasteiger partial charge is 0.421 e. The fourth-order valence-electron chi connectivity index (χ4n) is 3.16. The van der Waals surface area contributed by atoms with Crippen LogP contribution < -0.4 is 10.8 Å². The summed E-state index contributed by atoms with van der Waals surface area (Å²) in [5.74, 6) is 1.49. The Kier molecular flexibility index (Phi) is 4.87. The summed E-state index contributed by atoms with van der Waals surface area (Å²) in [6.45, 7) is 4.96. The van der Waals surface area contributed by atoms with Gasteiger partial charge in [0.2, 0.25) is 17.7 Å². The molecule has 9 heteroatoms. The first-order valence-electron chi connectivity index (χ1n) is 8.90. The lowest BCUT2D eigenvalue weighted by Gasteiger charge is -2.25. The van der Waals surface area contributed by atoms with Gasteiger partial charge in [0.25, 0.3) is 0 Å². The smallest absolute Gasteiger partial charge is 0.247 e. The third-order valence-electron chi connectivity index (χ3n) is 4.65. The molecule has 0 saturated carbocycles. The summed E-state index contributed by atoms with van der Waals surface area (Å²) in [4.78, 5) is 18.9. The topological polar surface area (TPSA) is 93.4 Å². The van der Waals surface area contributed by atoms with E-state index in [4.69, 9.17) is 9.15 Å². The van der Waals surface area contributed by atoms with Gasteiger partial charge in [-0.1, -0.05) is 6.07 Å². The summed E-state index contributed by atoms with van der Waals surface area (Å²) in [5.41, 5.74) is 1.74. The molecule has 4 rings (SSSR count). The van der Waals surface area contributed by atoms with E-state index in [9.17, 15) is 4.79 Å². The highest BCUT2D eigenvalue weighted by atomic mass is 16.5. The Labute approximate surface area is 157 Å². The van der Waals surface area contributed by atoms with Crippen LogP contribution in [0.15, 0.2) is 28.8 Å². The van der Waals surface area contributed by atoms with Gasteiger partial charge in [-0.05, 0) is 28.4 Å². The minimum absolute atomic E-state index is 0.0736. The third-order valence-corrected chi connectivity index (χ3v) is 4.65. The summed E-state index contributed by atoms with van der Waals surface area (Å²) in [7, 11) is 1.95.